The van der Waals surface area contributed by atoms with Crippen molar-refractivity contribution in [2.45, 2.75) is 20.8 Å². The Morgan fingerprint density at radius 3 is 1.57 bits per heavy atom. The molecule has 1 radical (unpaired) electrons. The van der Waals surface area contributed by atoms with Gasteiger partial charge in [0.2, 0.25) is 0 Å². The van der Waals surface area contributed by atoms with Gasteiger partial charge in [-0.25, -0.2) is 8.78 Å². The summed E-state index contributed by atoms with van der Waals surface area (Å²) in [6, 6.07) is 44.0. The molecule has 0 spiro atoms. The summed E-state index contributed by atoms with van der Waals surface area (Å²) in [6.07, 6.45) is 6.33. The molecule has 0 aliphatic heterocycles. The minimum absolute atomic E-state index is 0. The number of carbonyl (C=O) groups is 2. The molecule has 0 aliphatic rings. The molecule has 0 saturated carbocycles. The molecule has 0 bridgehead atoms. The third-order valence-electron chi connectivity index (χ3n) is 8.39. The van der Waals surface area contributed by atoms with E-state index in [1.165, 1.54) is 12.1 Å². The van der Waals surface area contributed by atoms with E-state index in [9.17, 15) is 27.2 Å². The van der Waals surface area contributed by atoms with Crippen molar-refractivity contribution in [2.75, 3.05) is 19.0 Å². The van der Waals surface area contributed by atoms with E-state index in [1.54, 1.807) is 86.5 Å². The van der Waals surface area contributed by atoms with Gasteiger partial charge in [0.15, 0.2) is 0 Å². The first-order valence-corrected chi connectivity index (χ1v) is 28.9. The van der Waals surface area contributed by atoms with Crippen LogP contribution in [-0.2, 0) is 38.3 Å². The van der Waals surface area contributed by atoms with E-state index in [4.69, 9.17) is 28.8 Å². The molecule has 7 N–H and O–H groups in total. The first kappa shape index (κ1) is 68.2. The summed E-state index contributed by atoms with van der Waals surface area (Å²) >= 11 is -1.92. The first-order chi connectivity index (χ1) is 32.7. The number of aromatic nitrogens is 4. The van der Waals surface area contributed by atoms with Crippen LogP contribution in [0.5, 0.6) is 0 Å². The van der Waals surface area contributed by atoms with Crippen molar-refractivity contribution in [3.8, 4) is 22.5 Å². The molecule has 0 saturated heterocycles. The number of benzene rings is 4. The van der Waals surface area contributed by atoms with Crippen molar-refractivity contribution < 1.29 is 81.9 Å². The molecule has 0 unspecified atom stereocenters. The average molecular weight is 1410 g/mol. The minimum Gasteiger partial charge on any atom is 0 e. The van der Waals surface area contributed by atoms with Gasteiger partial charge in [-0.2, -0.15) is 0 Å². The van der Waals surface area contributed by atoms with Gasteiger partial charge in [0.25, 0.3) is 5.91 Å². The number of rotatable bonds is 7. The quantitative estimate of drug-likeness (QED) is 0.120. The third kappa shape index (κ3) is 26.0. The van der Waals surface area contributed by atoms with Crippen LogP contribution in [0.2, 0.25) is 0 Å². The number of ether oxygens (including phenoxy) is 1. The van der Waals surface area contributed by atoms with E-state index in [-0.39, 0.29) is 53.9 Å². The van der Waals surface area contributed by atoms with Crippen molar-refractivity contribution in [3.63, 3.8) is 0 Å². The predicted octanol–water partition coefficient (Wildman–Crippen LogP) is 12.0. The smallest absolute Gasteiger partial charge is 0 e. The average Bonchev–Trinajstić information content (AvgIpc) is 3.33. The molecule has 4 aromatic heterocycles. The van der Waals surface area contributed by atoms with Crippen molar-refractivity contribution >= 4 is 51.9 Å². The predicted molar refractivity (Wildman–Crippen MR) is 270 cm³/mol. The summed E-state index contributed by atoms with van der Waals surface area (Å²) in [5.41, 5.74) is 5.46. The van der Waals surface area contributed by atoms with Gasteiger partial charge in [0, 0.05) is 87.6 Å². The molecule has 72 heavy (non-hydrogen) atoms. The number of amides is 2. The summed E-state index contributed by atoms with van der Waals surface area (Å²) in [7, 11) is 16.6. The van der Waals surface area contributed by atoms with Crippen LogP contribution in [0.3, 0.4) is 0 Å². The van der Waals surface area contributed by atoms with E-state index in [1.807, 2.05) is 87.5 Å². The van der Waals surface area contributed by atoms with E-state index >= 15 is 0 Å². The number of pyridine rings is 4. The molecular formula is C51H50Cl3F4Ir2N6O6-2. The molecule has 21 heteroatoms. The first-order valence-electron chi connectivity index (χ1n) is 20.0. The normalized spacial score (nSPS) is 9.35. The number of aryl methyl sites for hydroxylation is 2. The van der Waals surface area contributed by atoms with Crippen LogP contribution in [0.25, 0.3) is 27.8 Å². The van der Waals surface area contributed by atoms with Gasteiger partial charge in [-0.3, -0.25) is 28.5 Å². The second kappa shape index (κ2) is 38.8. The molecular weight excluding hydrogens is 1360 g/mol. The van der Waals surface area contributed by atoms with Crippen LogP contribution in [-0.4, -0.2) is 61.9 Å². The molecule has 2 amide bonds. The van der Waals surface area contributed by atoms with E-state index in [0.29, 0.717) is 34.0 Å². The zero-order valence-electron chi connectivity index (χ0n) is 38.7. The van der Waals surface area contributed by atoms with Crippen LogP contribution in [0.4, 0.5) is 28.9 Å². The van der Waals surface area contributed by atoms with Crippen molar-refractivity contribution in [1.29, 1.82) is 0 Å². The maximum Gasteiger partial charge on any atom is 0 e. The molecule has 4 heterocycles. The fraction of sp³-hybridized carbons (Fsp3) is 0.0980. The Bertz CT molecular complexity index is 2550. The zero-order valence-corrected chi connectivity index (χ0v) is 45.8. The second-order valence-corrected chi connectivity index (χ2v) is 23.6. The zero-order chi connectivity index (χ0) is 49.7. The number of methoxy groups -OCH3 is 1. The molecule has 0 aliphatic carbocycles. The number of nitrogens with one attached hydrogen (secondary N) is 1. The Kier molecular flexibility index (Phi) is 36.7. The van der Waals surface area contributed by atoms with Crippen molar-refractivity contribution in [1.82, 2.24) is 19.9 Å². The monoisotopic (exact) mass is 1410 g/mol. The van der Waals surface area contributed by atoms with Crippen LogP contribution >= 0.6 is 28.8 Å². The van der Waals surface area contributed by atoms with Gasteiger partial charge in [-0.15, -0.1) is 17.8 Å². The van der Waals surface area contributed by atoms with Crippen LogP contribution < -0.4 is 5.32 Å². The fourth-order valence-electron chi connectivity index (χ4n) is 5.19. The van der Waals surface area contributed by atoms with Gasteiger partial charge in [0.1, 0.15) is 23.2 Å². The molecule has 12 nitrogen and oxygen atoms in total. The third-order valence-corrected chi connectivity index (χ3v) is 8.39. The summed E-state index contributed by atoms with van der Waals surface area (Å²) in [4.78, 5) is 39.7. The van der Waals surface area contributed by atoms with Crippen LogP contribution in [0.1, 0.15) is 39.0 Å². The van der Waals surface area contributed by atoms with Gasteiger partial charge >= 0.3 is 42.2 Å². The number of halogens is 7. The number of hydrogen-bond acceptors (Lipinski definition) is 7. The summed E-state index contributed by atoms with van der Waals surface area (Å²) < 4.78 is 56.2. The van der Waals surface area contributed by atoms with E-state index < -0.39 is 36.7 Å². The molecule has 4 aromatic carbocycles. The number of carbonyl (C=O) groups excluding carboxylic acids is 2. The van der Waals surface area contributed by atoms with Gasteiger partial charge in [0.05, 0.1) is 11.4 Å². The molecule has 8 rings (SSSR count). The minimum atomic E-state index is -1.92. The maximum absolute atomic E-state index is 13.3. The number of nitrogens with zero attached hydrogens (tertiary/aromatic N) is 5. The Labute approximate surface area is 446 Å². The van der Waals surface area contributed by atoms with Crippen molar-refractivity contribution in [3.05, 3.63) is 234 Å². The number of para-hydroxylation sites is 2. The SMILES string of the molecule is CCOC.Cc1cccnc1C(=O)Nc1ccccc1.Cc1cccnc1C(=O)[N-]c1ccccc1.Fc1c[c-]c(-c2ccccn2)c(F)c1.Fc1ccc(-c2ccccn2)c(F)c1.O.O.O.[Cl][Ir]([Cl])[Cl].[Ir]. The van der Waals surface area contributed by atoms with E-state index in [2.05, 4.69) is 41.4 Å². The number of anilines is 1. The Morgan fingerprint density at radius 1 is 0.625 bits per heavy atom. The topological polar surface area (TPSA) is 216 Å². The second-order valence-electron chi connectivity index (χ2n) is 13.2. The van der Waals surface area contributed by atoms with Gasteiger partial charge in [-0.05, 0) is 92.2 Å². The fourth-order valence-corrected chi connectivity index (χ4v) is 5.19. The van der Waals surface area contributed by atoms with Gasteiger partial charge < -0.3 is 41.6 Å². The largest absolute Gasteiger partial charge is 0 e. The van der Waals surface area contributed by atoms with Crippen LogP contribution in [0.15, 0.2) is 176 Å². The Balaban J connectivity index is 0. The molecule has 0 fully saturated rings. The molecule has 8 aromatic rings. The molecule has 389 valence electrons. The van der Waals surface area contributed by atoms with E-state index in [0.717, 1.165) is 41.6 Å². The van der Waals surface area contributed by atoms with Gasteiger partial charge in [-0.1, -0.05) is 90.5 Å². The van der Waals surface area contributed by atoms with Crippen LogP contribution in [0, 0.1) is 43.2 Å². The Morgan fingerprint density at radius 2 is 1.10 bits per heavy atom. The van der Waals surface area contributed by atoms with Crippen molar-refractivity contribution in [2.24, 2.45) is 0 Å². The molecule has 0 atom stereocenters. The maximum atomic E-state index is 13.3. The summed E-state index contributed by atoms with van der Waals surface area (Å²) in [5, 5.41) is 6.79. The summed E-state index contributed by atoms with van der Waals surface area (Å²) in [6.45, 7) is 6.49. The summed E-state index contributed by atoms with van der Waals surface area (Å²) in [5.74, 6) is -2.94. The Hall–Kier alpha value is -5.85. The standard InChI is InChI=1S/2C13H12N2O.C11H7F2N.C11H6F2N.C3H8O.3ClH.2Ir.3H2O/c2*1-10-6-5-9-14-12(10)13(16)15-11-7-3-2-4-8-11;2*12-8-4-5-9(10(13)7-8)11-3-1-2-6-14-11;1-3-4-2;;;;;;;;/h2*2-9H,1H3,(H,15,16);1-7H;1-4,6-7H;3H2,1-2H3;3*1H;;;3*1H2/q;;;-1;;;;;;+3;;;/p-4. The number of hydrogen-bond donors (Lipinski definition) is 1.